The molecular formula is C42H47F3N8O3. The van der Waals surface area contributed by atoms with E-state index in [1.54, 1.807) is 6.92 Å². The second-order valence-corrected chi connectivity index (χ2v) is 16.2. The lowest BCUT2D eigenvalue weighted by Crippen LogP contribution is -2.47. The number of benzene rings is 3. The number of hydrogen-bond donors (Lipinski definition) is 1. The molecular weight excluding hydrogens is 722 g/mol. The molecule has 294 valence electrons. The number of ether oxygens (including phenoxy) is 1. The smallest absolute Gasteiger partial charge is 0.319 e. The molecule has 3 aromatic carbocycles. The summed E-state index contributed by atoms with van der Waals surface area (Å²) in [6, 6.07) is 8.56. The van der Waals surface area contributed by atoms with Gasteiger partial charge in [-0.1, -0.05) is 19.9 Å². The van der Waals surface area contributed by atoms with Crippen molar-refractivity contribution >= 4 is 33.4 Å². The number of aryl methyl sites for hydroxylation is 2. The third kappa shape index (κ3) is 6.30. The average Bonchev–Trinajstić information content (AvgIpc) is 3.81. The number of aromatic hydroxyl groups is 1. The van der Waals surface area contributed by atoms with Gasteiger partial charge < -0.3 is 24.5 Å². The number of halogens is 3. The molecule has 5 aromatic rings. The fourth-order valence-electron chi connectivity index (χ4n) is 9.70. The van der Waals surface area contributed by atoms with E-state index in [4.69, 9.17) is 14.8 Å². The van der Waals surface area contributed by atoms with E-state index in [0.29, 0.717) is 73.0 Å². The Morgan fingerprint density at radius 3 is 2.61 bits per heavy atom. The van der Waals surface area contributed by atoms with Crippen LogP contribution in [0.1, 0.15) is 61.3 Å². The van der Waals surface area contributed by atoms with Crippen molar-refractivity contribution in [3.63, 3.8) is 0 Å². The minimum Gasteiger partial charge on any atom is -0.508 e. The van der Waals surface area contributed by atoms with Crippen LogP contribution in [0.5, 0.6) is 11.8 Å². The summed E-state index contributed by atoms with van der Waals surface area (Å²) in [6.45, 7) is 10.5. The molecule has 4 aliphatic heterocycles. The number of phenols is 1. The molecule has 11 nitrogen and oxygen atoms in total. The van der Waals surface area contributed by atoms with Gasteiger partial charge in [0.25, 0.3) is 5.91 Å². The highest BCUT2D eigenvalue weighted by atomic mass is 19.1. The van der Waals surface area contributed by atoms with Crippen molar-refractivity contribution in [2.75, 3.05) is 64.4 Å². The molecule has 4 aliphatic rings. The molecule has 0 unspecified atom stereocenters. The van der Waals surface area contributed by atoms with E-state index in [0.717, 1.165) is 51.1 Å². The number of hydrogen-bond acceptors (Lipinski definition) is 9. The Labute approximate surface area is 323 Å². The minimum absolute atomic E-state index is 0.0190. The van der Waals surface area contributed by atoms with E-state index >= 15 is 13.2 Å². The van der Waals surface area contributed by atoms with E-state index in [-0.39, 0.29) is 52.6 Å². The summed E-state index contributed by atoms with van der Waals surface area (Å²) in [7, 11) is 2.04. The maximum absolute atomic E-state index is 17.3. The maximum atomic E-state index is 17.3. The summed E-state index contributed by atoms with van der Waals surface area (Å²) in [5.74, 6) is -1.85. The largest absolute Gasteiger partial charge is 0.508 e. The molecule has 56 heavy (non-hydrogen) atoms. The van der Waals surface area contributed by atoms with Crippen LogP contribution in [-0.4, -0.2) is 110 Å². The van der Waals surface area contributed by atoms with Crippen LogP contribution < -0.4 is 9.64 Å². The number of aromatic nitrogens is 4. The average molecular weight is 769 g/mol. The second kappa shape index (κ2) is 14.2. The zero-order chi connectivity index (χ0) is 38.9. The summed E-state index contributed by atoms with van der Waals surface area (Å²) in [5, 5.41) is 16.4. The van der Waals surface area contributed by atoms with Gasteiger partial charge in [-0.25, -0.2) is 13.2 Å². The van der Waals surface area contributed by atoms with Gasteiger partial charge in [0.1, 0.15) is 35.3 Å². The van der Waals surface area contributed by atoms with Gasteiger partial charge in [0, 0.05) is 51.2 Å². The number of piperazine rings is 1. The number of nitrogens with zero attached hydrogens (tertiary/aromatic N) is 8. The molecule has 0 spiro atoms. The van der Waals surface area contributed by atoms with E-state index in [2.05, 4.69) is 21.7 Å². The molecule has 0 bridgehead atoms. The first kappa shape index (κ1) is 36.7. The first-order valence-corrected chi connectivity index (χ1v) is 19.8. The van der Waals surface area contributed by atoms with Crippen molar-refractivity contribution in [1.29, 1.82) is 0 Å². The Morgan fingerprint density at radius 1 is 0.982 bits per heavy atom. The topological polar surface area (TPSA) is 103 Å². The molecule has 0 aliphatic carbocycles. The number of carbonyl (C=O) groups is 1. The summed E-state index contributed by atoms with van der Waals surface area (Å²) < 4.78 is 57.5. The summed E-state index contributed by atoms with van der Waals surface area (Å²) in [6.07, 6.45) is 3.93. The van der Waals surface area contributed by atoms with Crippen molar-refractivity contribution in [2.45, 2.75) is 64.6 Å². The first-order valence-electron chi connectivity index (χ1n) is 19.8. The molecule has 1 N–H and O–H groups in total. The summed E-state index contributed by atoms with van der Waals surface area (Å²) >= 11 is 0. The first-order chi connectivity index (χ1) is 27.0. The van der Waals surface area contributed by atoms with Crippen LogP contribution in [0.15, 0.2) is 36.4 Å². The zero-order valence-corrected chi connectivity index (χ0v) is 32.1. The van der Waals surface area contributed by atoms with Crippen LogP contribution in [0.4, 0.5) is 19.0 Å². The van der Waals surface area contributed by atoms with Crippen LogP contribution in [-0.2, 0) is 19.5 Å². The normalized spacial score (nSPS) is 21.9. The Kier molecular flexibility index (Phi) is 9.31. The molecule has 3 saturated heterocycles. The Morgan fingerprint density at radius 2 is 1.80 bits per heavy atom. The number of rotatable bonds is 7. The van der Waals surface area contributed by atoms with Crippen LogP contribution in [0.2, 0.25) is 0 Å². The Balaban J connectivity index is 1.15. The number of carbonyl (C=O) groups excluding carboxylic acids is 1. The monoisotopic (exact) mass is 768 g/mol. The van der Waals surface area contributed by atoms with E-state index in [1.165, 1.54) is 30.3 Å². The molecule has 3 fully saturated rings. The van der Waals surface area contributed by atoms with Gasteiger partial charge in [-0.15, -0.1) is 0 Å². The van der Waals surface area contributed by atoms with E-state index in [9.17, 15) is 9.90 Å². The highest BCUT2D eigenvalue weighted by Crippen LogP contribution is 2.44. The molecule has 0 saturated carbocycles. The predicted octanol–water partition coefficient (Wildman–Crippen LogP) is 6.38. The number of phenolic OH excluding ortho intramolecular Hbond substituents is 1. The third-order valence-corrected chi connectivity index (χ3v) is 12.4. The van der Waals surface area contributed by atoms with E-state index in [1.807, 2.05) is 27.6 Å². The number of anilines is 1. The third-order valence-electron chi connectivity index (χ3n) is 12.4. The number of fused-ring (bicyclic) bond motifs is 4. The lowest BCUT2D eigenvalue weighted by Gasteiger charge is -2.31. The molecule has 2 atom stereocenters. The molecule has 0 radical (unpaired) electrons. The van der Waals surface area contributed by atoms with Crippen molar-refractivity contribution in [2.24, 2.45) is 5.92 Å². The Hall–Kier alpha value is -4.95. The van der Waals surface area contributed by atoms with Crippen molar-refractivity contribution in [3.8, 4) is 22.9 Å². The van der Waals surface area contributed by atoms with Crippen LogP contribution >= 0.6 is 0 Å². The standard InChI is InChI=1S/C42H47F3N8O3/c1-4-29-32(43)8-7-26-17-28(54)19-30(35(26)29)36-33(44)20-31-38(37(36)45)46-41(56-24-42-9-5-11-52(42)22-25(2)21-42)47-39(31)51-10-6-12-53-27(23-51)18-34(48-53)40(55)50-15-13-49(3)14-16-50/h7-8,17-20,25,54H,4-6,9-16,21-24H2,1-3H3/t25-,42+/m1/s1. The zero-order valence-electron chi connectivity index (χ0n) is 32.1. The van der Waals surface area contributed by atoms with Gasteiger partial charge >= 0.3 is 6.01 Å². The fraction of sp³-hybridized carbons (Fsp3) is 0.476. The van der Waals surface area contributed by atoms with Crippen molar-refractivity contribution < 1.29 is 27.8 Å². The molecule has 1 amide bonds. The fourth-order valence-corrected chi connectivity index (χ4v) is 9.70. The molecule has 2 aromatic heterocycles. The number of amides is 1. The minimum atomic E-state index is -0.957. The van der Waals surface area contributed by atoms with E-state index < -0.39 is 23.0 Å². The van der Waals surface area contributed by atoms with Gasteiger partial charge in [0.15, 0.2) is 11.5 Å². The lowest BCUT2D eigenvalue weighted by atomic mass is 9.91. The lowest BCUT2D eigenvalue weighted by molar-refractivity contribution is 0.0657. The highest BCUT2D eigenvalue weighted by Gasteiger charge is 2.48. The van der Waals surface area contributed by atoms with Gasteiger partial charge in [-0.3, -0.25) is 14.4 Å². The summed E-state index contributed by atoms with van der Waals surface area (Å²) in [5.41, 5.74) is 0.767. The van der Waals surface area contributed by atoms with Crippen LogP contribution in [0.25, 0.3) is 32.8 Å². The van der Waals surface area contributed by atoms with Crippen LogP contribution in [0.3, 0.4) is 0 Å². The molecule has 6 heterocycles. The maximum Gasteiger partial charge on any atom is 0.319 e. The molecule has 9 rings (SSSR count). The van der Waals surface area contributed by atoms with Crippen LogP contribution in [0, 0.1) is 23.4 Å². The SMILES string of the molecule is CCc1c(F)ccc2cc(O)cc(-c3c(F)cc4c(N5CCCn6nc(C(=O)N7CCN(C)CC7)cc6C5)nc(OC[C@@]56CCCN5C[C@H](C)C6)nc4c3F)c12. The Bertz CT molecular complexity index is 2360. The highest BCUT2D eigenvalue weighted by molar-refractivity contribution is 6.03. The number of likely N-dealkylation sites (N-methyl/N-ethyl adjacent to an activating group) is 1. The quantitative estimate of drug-likeness (QED) is 0.202. The predicted molar refractivity (Wildman–Crippen MR) is 208 cm³/mol. The summed E-state index contributed by atoms with van der Waals surface area (Å²) in [4.78, 5) is 31.5. The molecule has 14 heteroatoms. The van der Waals surface area contributed by atoms with Gasteiger partial charge in [-0.2, -0.15) is 15.1 Å². The van der Waals surface area contributed by atoms with Gasteiger partial charge in [0.2, 0.25) is 0 Å². The second-order valence-electron chi connectivity index (χ2n) is 16.2. The van der Waals surface area contributed by atoms with Crippen molar-refractivity contribution in [3.05, 3.63) is 70.8 Å². The van der Waals surface area contributed by atoms with Gasteiger partial charge in [-0.05, 0) is 104 Å². The van der Waals surface area contributed by atoms with Crippen molar-refractivity contribution in [1.82, 2.24) is 34.4 Å². The van der Waals surface area contributed by atoms with Gasteiger partial charge in [0.05, 0.1) is 23.3 Å².